The molecule has 0 aliphatic heterocycles. The van der Waals surface area contributed by atoms with Gasteiger partial charge < -0.3 is 80.9 Å². The fraction of sp³-hybridized carbons (Fsp3) is 1.00. The van der Waals surface area contributed by atoms with Crippen molar-refractivity contribution in [2.45, 2.75) is 533 Å². The van der Waals surface area contributed by atoms with Crippen LogP contribution >= 0.6 is 0 Å². The number of aliphatic hydroxyl groups is 1. The number of aliphatic hydroxyl groups excluding tert-OH is 1. The third-order valence-electron chi connectivity index (χ3n) is 26.4. The van der Waals surface area contributed by atoms with Crippen molar-refractivity contribution < 1.29 is 80.9 Å². The van der Waals surface area contributed by atoms with E-state index in [9.17, 15) is 9.84 Å². The first kappa shape index (κ1) is 118. The SMILES string of the molecule is CCCC(C)COC(C[C@@](OC(CC)C(C)C)(OC(C)(CC)CC)[C@@](OC(C)C(C)(C)C)(OC(C)(OCC(C)(C)CC)C(C)(OCC(C)C(C)C)[C@@](OCCC(C)(C)C)(OC(CC)CCC)[C@@](OCC(CC)CC)(OC(C)CC(C)C)OC(C)(C)C(C)C)C(C)(OCCCCCCO)OC(C)(C)CCC)(OCCCC(C)C)OCCC(C)CC. The van der Waals surface area contributed by atoms with Crippen molar-refractivity contribution in [1.29, 1.82) is 0 Å². The first-order chi connectivity index (χ1) is 54.9. The van der Waals surface area contributed by atoms with E-state index in [1.807, 2.05) is 13.8 Å². The van der Waals surface area contributed by atoms with Gasteiger partial charge in [0.1, 0.15) is 0 Å². The number of rotatable bonds is 73. The molecule has 15 atom stereocenters. The number of unbranched alkanes of at least 4 members (excludes halogenated alkanes) is 3. The molecule has 0 bridgehead atoms. The molecule has 17 heteroatoms. The van der Waals surface area contributed by atoms with E-state index in [0.29, 0.717) is 89.4 Å². The Morgan fingerprint density at radius 2 is 0.983 bits per heavy atom. The van der Waals surface area contributed by atoms with E-state index in [0.717, 1.165) is 64.2 Å². The lowest BCUT2D eigenvalue weighted by Gasteiger charge is -2.66. The van der Waals surface area contributed by atoms with Crippen LogP contribution in [0.1, 0.15) is 445 Å². The Hall–Kier alpha value is -0.680. The lowest BCUT2D eigenvalue weighted by molar-refractivity contribution is -0.596. The molecule has 0 radical (unpaired) electrons. The summed E-state index contributed by atoms with van der Waals surface area (Å²) in [5.41, 5.74) is -7.05. The maximum Gasteiger partial charge on any atom is 0.344 e. The van der Waals surface area contributed by atoms with Crippen molar-refractivity contribution >= 4 is 0 Å². The predicted molar refractivity (Wildman–Crippen MR) is 496 cm³/mol. The van der Waals surface area contributed by atoms with E-state index in [1.54, 1.807) is 0 Å². The van der Waals surface area contributed by atoms with Gasteiger partial charge in [0.25, 0.3) is 17.5 Å². The Kier molecular flexibility index (Phi) is 53.8. The van der Waals surface area contributed by atoms with Gasteiger partial charge in [-0.05, 0) is 235 Å². The molecule has 716 valence electrons. The molecule has 0 aromatic rings. The minimum absolute atomic E-state index is 0.0118. The normalized spacial score (nSPS) is 19.4. The molecule has 0 aromatic carbocycles. The highest BCUT2D eigenvalue weighted by Gasteiger charge is 2.83. The van der Waals surface area contributed by atoms with E-state index in [-0.39, 0.29) is 119 Å². The highest BCUT2D eigenvalue weighted by Crippen LogP contribution is 2.62. The molecule has 0 rings (SSSR count). The molecule has 1 N–H and O–H groups in total. The molecule has 0 saturated heterocycles. The molecule has 0 saturated carbocycles. The maximum atomic E-state index is 10.4. The Morgan fingerprint density at radius 1 is 0.395 bits per heavy atom. The third kappa shape index (κ3) is 37.4. The fourth-order valence-electron chi connectivity index (χ4n) is 14.9. The van der Waals surface area contributed by atoms with Gasteiger partial charge >= 0.3 is 5.97 Å². The minimum atomic E-state index is -2.67. The summed E-state index contributed by atoms with van der Waals surface area (Å²) in [7, 11) is 0. The lowest BCUT2D eigenvalue weighted by atomic mass is 9.80. The summed E-state index contributed by atoms with van der Waals surface area (Å²) >= 11 is 0. The zero-order valence-electron chi connectivity index (χ0n) is 86.8. The smallest absolute Gasteiger partial charge is 0.344 e. The van der Waals surface area contributed by atoms with Crippen LogP contribution in [0.5, 0.6) is 0 Å². The molecule has 0 aliphatic rings. The first-order valence-corrected chi connectivity index (χ1v) is 49.1. The molecule has 0 amide bonds. The van der Waals surface area contributed by atoms with E-state index >= 15 is 0 Å². The minimum Gasteiger partial charge on any atom is -0.396 e. The van der Waals surface area contributed by atoms with Crippen LogP contribution in [-0.4, -0.2) is 152 Å². The Labute approximate surface area is 738 Å². The molecule has 17 nitrogen and oxygen atoms in total. The summed E-state index contributed by atoms with van der Waals surface area (Å²) in [6.45, 7) is 93.5. The number of ether oxygens (including phenoxy) is 16. The van der Waals surface area contributed by atoms with Crippen LogP contribution in [0.2, 0.25) is 0 Å². The van der Waals surface area contributed by atoms with Crippen LogP contribution in [0.3, 0.4) is 0 Å². The van der Waals surface area contributed by atoms with Gasteiger partial charge in [-0.2, -0.15) is 0 Å². The van der Waals surface area contributed by atoms with Gasteiger partial charge in [-0.1, -0.05) is 273 Å². The van der Waals surface area contributed by atoms with Gasteiger partial charge in [0.15, 0.2) is 5.60 Å². The van der Waals surface area contributed by atoms with Crippen molar-refractivity contribution in [3.8, 4) is 0 Å². The van der Waals surface area contributed by atoms with Gasteiger partial charge in [0.2, 0.25) is 17.4 Å². The fourth-order valence-corrected chi connectivity index (χ4v) is 14.9. The van der Waals surface area contributed by atoms with E-state index in [2.05, 4.69) is 277 Å². The largest absolute Gasteiger partial charge is 0.396 e. The zero-order valence-corrected chi connectivity index (χ0v) is 86.8. The average molecular weight is 1700 g/mol. The molecular weight excluding hydrogens is 1500 g/mol. The summed E-state index contributed by atoms with van der Waals surface area (Å²) in [6.07, 6.45) is 12.8. The van der Waals surface area contributed by atoms with Crippen LogP contribution in [0.4, 0.5) is 0 Å². The molecule has 11 unspecified atom stereocenters. The van der Waals surface area contributed by atoms with Crippen LogP contribution in [0.25, 0.3) is 0 Å². The Balaban J connectivity index is 13.7. The summed E-state index contributed by atoms with van der Waals surface area (Å²) < 4.78 is 137. The van der Waals surface area contributed by atoms with E-state index in [4.69, 9.17) is 71.1 Å². The molecular formula is C102H206O17. The Bertz CT molecular complexity index is 2570. The second-order valence-electron chi connectivity index (χ2n) is 43.3. The van der Waals surface area contributed by atoms with Gasteiger partial charge in [0.05, 0.1) is 100 Å². The summed E-state index contributed by atoms with van der Waals surface area (Å²) in [5.74, 6) is -16.0. The lowest BCUT2D eigenvalue weighted by Crippen LogP contribution is -2.85. The first-order valence-electron chi connectivity index (χ1n) is 49.1. The molecule has 0 heterocycles. The molecule has 0 spiro atoms. The van der Waals surface area contributed by atoms with Crippen LogP contribution in [-0.2, 0) is 75.8 Å². The zero-order chi connectivity index (χ0) is 92.2. The monoisotopic (exact) mass is 1700 g/mol. The van der Waals surface area contributed by atoms with Crippen molar-refractivity contribution in [2.75, 3.05) is 59.5 Å². The Morgan fingerprint density at radius 3 is 1.46 bits per heavy atom. The van der Waals surface area contributed by atoms with Crippen molar-refractivity contribution in [3.63, 3.8) is 0 Å². The highest BCUT2D eigenvalue weighted by atomic mass is 16.9. The van der Waals surface area contributed by atoms with E-state index in [1.165, 1.54) is 0 Å². The number of hydrogen-bond acceptors (Lipinski definition) is 17. The summed E-state index contributed by atoms with van der Waals surface area (Å²) in [6, 6.07) is 0. The number of hydrogen-bond donors (Lipinski definition) is 1. The van der Waals surface area contributed by atoms with Crippen molar-refractivity contribution in [2.24, 2.45) is 69.5 Å². The second-order valence-corrected chi connectivity index (χ2v) is 43.3. The predicted octanol–water partition coefficient (Wildman–Crippen LogP) is 28.2. The summed E-state index contributed by atoms with van der Waals surface area (Å²) in [5, 5.41) is 10.4. The van der Waals surface area contributed by atoms with Gasteiger partial charge in [-0.3, -0.25) is 0 Å². The van der Waals surface area contributed by atoms with Crippen LogP contribution < -0.4 is 0 Å². The van der Waals surface area contributed by atoms with E-state index < -0.39 is 98.5 Å². The van der Waals surface area contributed by atoms with Gasteiger partial charge in [-0.15, -0.1) is 0 Å². The van der Waals surface area contributed by atoms with Crippen LogP contribution in [0, 0.1) is 69.5 Å². The summed E-state index contributed by atoms with van der Waals surface area (Å²) in [4.78, 5) is 0. The molecule has 0 aromatic heterocycles. The topological polar surface area (TPSA) is 168 Å². The quantitative estimate of drug-likeness (QED) is 0.0450. The average Bonchev–Trinajstić information content (AvgIpc) is 0.679. The van der Waals surface area contributed by atoms with Gasteiger partial charge in [-0.25, -0.2) is 0 Å². The standard InChI is InChI=1S/C102H206O17/c1-43-59-82(23)71-109-99(105-67-58-61-76(12)13,106-68-62-81(22)46-4)74-98(115-88(50-8)79(18)19,118-94(39,52-10)53-11)101(113-85(26)90(30,31)32,97(42,116-92(35,36)63-45-3)104-66-57-55-54-56-65-103)119-96(41,111-75-91(33,34)51-9)95(40,108-72-83(24)78(16)17)100(107-69-64-89(27,28)29,114-87(49-7)60-44-2)102(110-73-86(47-5)48-6,112-84(25)70-77(14)15)117-93(37,38)80(20)21/h76-88,103H,43-75H2,1-42H3/t81?,82?,83?,84?,85?,87?,88?,95?,96?,97?,98-,99?,100-,101+,102-/m1/s1. The molecule has 0 aliphatic carbocycles. The van der Waals surface area contributed by atoms with Gasteiger partial charge in [0, 0.05) is 6.61 Å². The third-order valence-corrected chi connectivity index (χ3v) is 26.4. The maximum absolute atomic E-state index is 10.4. The van der Waals surface area contributed by atoms with Crippen molar-refractivity contribution in [1.82, 2.24) is 0 Å². The highest BCUT2D eigenvalue weighted by molar-refractivity contribution is 5.14. The van der Waals surface area contributed by atoms with Crippen molar-refractivity contribution in [3.05, 3.63) is 0 Å². The van der Waals surface area contributed by atoms with Crippen LogP contribution in [0.15, 0.2) is 0 Å². The second kappa shape index (κ2) is 54.1. The molecule has 119 heavy (non-hydrogen) atoms. The molecule has 0 fully saturated rings.